The van der Waals surface area contributed by atoms with Gasteiger partial charge >= 0.3 is 6.16 Å². The van der Waals surface area contributed by atoms with Gasteiger partial charge in [0, 0.05) is 18.5 Å². The lowest BCUT2D eigenvalue weighted by Crippen LogP contribution is -2.14. The molecule has 0 fully saturated rings. The second-order valence-corrected chi connectivity index (χ2v) is 6.13. The molecule has 2 heterocycles. The average Bonchev–Trinajstić information content (AvgIpc) is 3.13. The van der Waals surface area contributed by atoms with Crippen LogP contribution in [0.25, 0.3) is 21.9 Å². The Morgan fingerprint density at radius 1 is 1.15 bits per heavy atom. The largest absolute Gasteiger partial charge is 0.515 e. The Bertz CT molecular complexity index is 1150. The summed E-state index contributed by atoms with van der Waals surface area (Å²) < 4.78 is 27.6. The molecule has 0 aliphatic carbocycles. The van der Waals surface area contributed by atoms with Gasteiger partial charge in [0.1, 0.15) is 11.6 Å². The number of para-hydroxylation sites is 2. The molecule has 0 bridgehead atoms. The van der Waals surface area contributed by atoms with Crippen molar-refractivity contribution in [1.29, 1.82) is 0 Å². The first-order chi connectivity index (χ1) is 13.1. The van der Waals surface area contributed by atoms with E-state index in [9.17, 15) is 9.18 Å². The summed E-state index contributed by atoms with van der Waals surface area (Å²) in [6, 6.07) is 13.9. The standard InChI is InChI=1S/C20H18FN3O3/c1-3-26-20(25)27-19-11-13-10-14(21)8-9-16(13)24(19)12-18-22-15-6-4-5-7-17(15)23(18)2/h4-11H,3,12H2,1-2H3. The van der Waals surface area contributed by atoms with Crippen molar-refractivity contribution >= 4 is 28.1 Å². The van der Waals surface area contributed by atoms with Gasteiger partial charge < -0.3 is 18.6 Å². The summed E-state index contributed by atoms with van der Waals surface area (Å²) in [6.45, 7) is 2.26. The number of hydrogen-bond acceptors (Lipinski definition) is 4. The second-order valence-electron chi connectivity index (χ2n) is 6.13. The van der Waals surface area contributed by atoms with Gasteiger partial charge in [0.2, 0.25) is 5.88 Å². The highest BCUT2D eigenvalue weighted by Gasteiger charge is 2.17. The molecule has 0 amide bonds. The minimum atomic E-state index is -0.799. The average molecular weight is 367 g/mol. The smallest absolute Gasteiger partial charge is 0.434 e. The third kappa shape index (κ3) is 3.12. The number of ether oxygens (including phenoxy) is 2. The van der Waals surface area contributed by atoms with Gasteiger partial charge in [-0.3, -0.25) is 0 Å². The topological polar surface area (TPSA) is 58.3 Å². The summed E-state index contributed by atoms with van der Waals surface area (Å²) in [4.78, 5) is 16.5. The molecule has 0 radical (unpaired) electrons. The molecule has 0 unspecified atom stereocenters. The lowest BCUT2D eigenvalue weighted by atomic mass is 10.2. The molecule has 7 heteroatoms. The maximum absolute atomic E-state index is 13.6. The number of hydrogen-bond donors (Lipinski definition) is 0. The molecule has 4 rings (SSSR count). The molecule has 4 aromatic rings. The third-order valence-electron chi connectivity index (χ3n) is 4.45. The Labute approximate surface area is 154 Å². The van der Waals surface area contributed by atoms with Crippen LogP contribution >= 0.6 is 0 Å². The van der Waals surface area contributed by atoms with Crippen molar-refractivity contribution in [1.82, 2.24) is 14.1 Å². The number of aryl methyl sites for hydroxylation is 1. The first kappa shape index (κ1) is 17.1. The van der Waals surface area contributed by atoms with Crippen LogP contribution in [0.1, 0.15) is 12.7 Å². The van der Waals surface area contributed by atoms with Crippen LogP contribution in [-0.4, -0.2) is 26.9 Å². The number of carbonyl (C=O) groups excluding carboxylic acids is 1. The van der Waals surface area contributed by atoms with Gasteiger partial charge in [-0.2, -0.15) is 0 Å². The highest BCUT2D eigenvalue weighted by atomic mass is 19.1. The molecule has 138 valence electrons. The fraction of sp³-hybridized carbons (Fsp3) is 0.200. The van der Waals surface area contributed by atoms with Crippen LogP contribution in [0.2, 0.25) is 0 Å². The highest BCUT2D eigenvalue weighted by Crippen LogP contribution is 2.28. The molecule has 0 aliphatic rings. The molecular weight excluding hydrogens is 349 g/mol. The van der Waals surface area contributed by atoms with Crippen LogP contribution in [0.5, 0.6) is 5.88 Å². The van der Waals surface area contributed by atoms with Crippen molar-refractivity contribution in [2.75, 3.05) is 6.61 Å². The summed E-state index contributed by atoms with van der Waals surface area (Å²) in [6.07, 6.45) is -0.799. The molecule has 0 atom stereocenters. The minimum Gasteiger partial charge on any atom is -0.434 e. The first-order valence-electron chi connectivity index (χ1n) is 8.60. The SMILES string of the molecule is CCOC(=O)Oc1cc2cc(F)ccc2n1Cc1nc2ccccc2n1C. The summed E-state index contributed by atoms with van der Waals surface area (Å²) in [7, 11) is 1.93. The summed E-state index contributed by atoms with van der Waals surface area (Å²) in [5.74, 6) is 0.706. The molecule has 6 nitrogen and oxygen atoms in total. The van der Waals surface area contributed by atoms with E-state index in [2.05, 4.69) is 4.98 Å². The Morgan fingerprint density at radius 2 is 1.96 bits per heavy atom. The quantitative estimate of drug-likeness (QED) is 0.506. The Kier molecular flexibility index (Phi) is 4.27. The number of imidazole rings is 1. The monoisotopic (exact) mass is 367 g/mol. The molecule has 0 saturated carbocycles. The lowest BCUT2D eigenvalue weighted by molar-refractivity contribution is 0.101. The lowest BCUT2D eigenvalue weighted by Gasteiger charge is -2.11. The summed E-state index contributed by atoms with van der Waals surface area (Å²) in [5, 5.41) is 0.632. The van der Waals surface area contributed by atoms with E-state index >= 15 is 0 Å². The van der Waals surface area contributed by atoms with Gasteiger partial charge in [-0.25, -0.2) is 14.2 Å². The molecule has 2 aromatic heterocycles. The first-order valence-corrected chi connectivity index (χ1v) is 8.60. The number of carbonyl (C=O) groups is 1. The van der Waals surface area contributed by atoms with Crippen molar-refractivity contribution in [3.8, 4) is 5.88 Å². The predicted molar refractivity (Wildman–Crippen MR) is 99.4 cm³/mol. The van der Waals surface area contributed by atoms with Gasteiger partial charge in [0.25, 0.3) is 0 Å². The molecule has 0 N–H and O–H groups in total. The van der Waals surface area contributed by atoms with E-state index in [1.54, 1.807) is 23.6 Å². The predicted octanol–water partition coefficient (Wildman–Crippen LogP) is 4.25. The molecule has 0 aliphatic heterocycles. The van der Waals surface area contributed by atoms with E-state index in [1.807, 2.05) is 35.9 Å². The van der Waals surface area contributed by atoms with Crippen LogP contribution in [0.3, 0.4) is 0 Å². The molecule has 27 heavy (non-hydrogen) atoms. The fourth-order valence-corrected chi connectivity index (χ4v) is 3.18. The van der Waals surface area contributed by atoms with E-state index in [-0.39, 0.29) is 18.3 Å². The van der Waals surface area contributed by atoms with Crippen LogP contribution in [0, 0.1) is 5.82 Å². The van der Waals surface area contributed by atoms with E-state index in [0.717, 1.165) is 22.4 Å². The van der Waals surface area contributed by atoms with Gasteiger partial charge in [0.05, 0.1) is 29.7 Å². The number of nitrogens with zero attached hydrogens (tertiary/aromatic N) is 3. The number of rotatable bonds is 4. The van der Waals surface area contributed by atoms with E-state index < -0.39 is 6.16 Å². The number of halogens is 1. The van der Waals surface area contributed by atoms with Crippen molar-refractivity contribution in [3.05, 3.63) is 60.2 Å². The zero-order chi connectivity index (χ0) is 19.0. The van der Waals surface area contributed by atoms with Crippen molar-refractivity contribution in [2.24, 2.45) is 7.05 Å². The second kappa shape index (κ2) is 6.75. The molecule has 2 aromatic carbocycles. The minimum absolute atomic E-state index is 0.207. The zero-order valence-corrected chi connectivity index (χ0v) is 15.0. The molecule has 0 saturated heterocycles. The van der Waals surface area contributed by atoms with Gasteiger partial charge in [-0.15, -0.1) is 0 Å². The summed E-state index contributed by atoms with van der Waals surface area (Å²) in [5.41, 5.74) is 2.62. The van der Waals surface area contributed by atoms with E-state index in [1.165, 1.54) is 12.1 Å². The highest BCUT2D eigenvalue weighted by molar-refractivity contribution is 5.83. The Hall–Kier alpha value is -3.35. The van der Waals surface area contributed by atoms with E-state index in [0.29, 0.717) is 11.9 Å². The number of aromatic nitrogens is 3. The van der Waals surface area contributed by atoms with Crippen LogP contribution < -0.4 is 4.74 Å². The van der Waals surface area contributed by atoms with Gasteiger partial charge in [0.15, 0.2) is 0 Å². The van der Waals surface area contributed by atoms with Crippen molar-refractivity contribution in [3.63, 3.8) is 0 Å². The van der Waals surface area contributed by atoms with Crippen LogP contribution in [0.15, 0.2) is 48.5 Å². The third-order valence-corrected chi connectivity index (χ3v) is 4.45. The van der Waals surface area contributed by atoms with Crippen LogP contribution in [0.4, 0.5) is 9.18 Å². The van der Waals surface area contributed by atoms with E-state index in [4.69, 9.17) is 9.47 Å². The fourth-order valence-electron chi connectivity index (χ4n) is 3.18. The maximum Gasteiger partial charge on any atom is 0.515 e. The van der Waals surface area contributed by atoms with Crippen molar-refractivity contribution in [2.45, 2.75) is 13.5 Å². The normalized spacial score (nSPS) is 11.2. The Balaban J connectivity index is 1.80. The van der Waals surface area contributed by atoms with Crippen molar-refractivity contribution < 1.29 is 18.7 Å². The van der Waals surface area contributed by atoms with Gasteiger partial charge in [-0.05, 0) is 37.3 Å². The number of fused-ring (bicyclic) bond motifs is 2. The summed E-state index contributed by atoms with van der Waals surface area (Å²) >= 11 is 0. The molecule has 0 spiro atoms. The zero-order valence-electron chi connectivity index (χ0n) is 15.0. The molecular formula is C20H18FN3O3. The number of benzene rings is 2. The maximum atomic E-state index is 13.6. The van der Waals surface area contributed by atoms with Crippen LogP contribution in [-0.2, 0) is 18.3 Å². The van der Waals surface area contributed by atoms with Gasteiger partial charge in [-0.1, -0.05) is 12.1 Å². The Morgan fingerprint density at radius 3 is 2.74 bits per heavy atom.